The first-order chi connectivity index (χ1) is 15.9. The van der Waals surface area contributed by atoms with Crippen molar-refractivity contribution in [3.8, 4) is 17.6 Å². The molecular weight excluding hydrogens is 440 g/mol. The van der Waals surface area contributed by atoms with E-state index < -0.39 is 10.0 Å². The maximum absolute atomic E-state index is 13.6. The second-order valence-corrected chi connectivity index (χ2v) is 9.26. The summed E-state index contributed by atoms with van der Waals surface area (Å²) in [7, 11) is -4.07. The van der Waals surface area contributed by atoms with Crippen LogP contribution < -0.4 is 13.8 Å². The summed E-state index contributed by atoms with van der Waals surface area (Å²) in [5, 5.41) is 9.81. The van der Waals surface area contributed by atoms with Crippen molar-refractivity contribution in [1.82, 2.24) is 0 Å². The number of rotatable bonds is 7. The Morgan fingerprint density at radius 3 is 2.52 bits per heavy atom. The fourth-order valence-corrected chi connectivity index (χ4v) is 4.89. The third-order valence-electron chi connectivity index (χ3n) is 5.14. The van der Waals surface area contributed by atoms with E-state index in [0.29, 0.717) is 23.3 Å². The summed E-state index contributed by atoms with van der Waals surface area (Å²) < 4.78 is 39.0. The predicted octanol–water partition coefficient (Wildman–Crippen LogP) is 4.34. The van der Waals surface area contributed by atoms with Crippen molar-refractivity contribution in [2.75, 3.05) is 17.6 Å². The highest BCUT2D eigenvalue weighted by Crippen LogP contribution is 2.33. The number of sulfonamides is 1. The molecule has 1 heterocycles. The molecule has 33 heavy (non-hydrogen) atoms. The lowest BCUT2D eigenvalue weighted by Crippen LogP contribution is -2.33. The van der Waals surface area contributed by atoms with Gasteiger partial charge in [0, 0.05) is 5.56 Å². The number of para-hydroxylation sites is 1. The van der Waals surface area contributed by atoms with E-state index in [0.717, 1.165) is 9.87 Å². The normalized spacial score (nSPS) is 12.8. The largest absolute Gasteiger partial charge is 0.454 e. The van der Waals surface area contributed by atoms with Gasteiger partial charge in [-0.2, -0.15) is 5.26 Å². The van der Waals surface area contributed by atoms with Crippen LogP contribution in [0.4, 0.5) is 5.69 Å². The van der Waals surface area contributed by atoms with Crippen molar-refractivity contribution in [2.24, 2.45) is 0 Å². The van der Waals surface area contributed by atoms with Crippen LogP contribution in [0.1, 0.15) is 21.5 Å². The number of hydrogen-bond acceptors (Lipinski definition) is 6. The summed E-state index contributed by atoms with van der Waals surface area (Å²) in [5.41, 5.74) is 2.15. The van der Waals surface area contributed by atoms with Crippen molar-refractivity contribution in [2.45, 2.75) is 11.8 Å². The Hall–Kier alpha value is -4.09. The average Bonchev–Trinajstić information content (AvgIpc) is 3.30. The molecule has 0 radical (unpaired) electrons. The number of benzene rings is 3. The van der Waals surface area contributed by atoms with Crippen molar-refractivity contribution < 1.29 is 22.7 Å². The number of aryl methyl sites for hydroxylation is 1. The molecule has 3 aromatic rings. The van der Waals surface area contributed by atoms with Gasteiger partial charge >= 0.3 is 0 Å². The Bertz CT molecular complexity index is 1370. The molecule has 1 aliphatic heterocycles. The van der Waals surface area contributed by atoms with Gasteiger partial charge in [0.2, 0.25) is 6.79 Å². The summed E-state index contributed by atoms with van der Waals surface area (Å²) in [6.45, 7) is 1.72. The predicted molar refractivity (Wildman–Crippen MR) is 124 cm³/mol. The van der Waals surface area contributed by atoms with Crippen molar-refractivity contribution >= 4 is 28.1 Å². The van der Waals surface area contributed by atoms with Gasteiger partial charge in [0.25, 0.3) is 10.0 Å². The fourth-order valence-electron chi connectivity index (χ4n) is 3.42. The lowest BCUT2D eigenvalue weighted by Gasteiger charge is -2.25. The van der Waals surface area contributed by atoms with E-state index in [4.69, 9.17) is 9.47 Å². The molecule has 3 aromatic carbocycles. The number of nitriles is 1. The molecule has 8 heteroatoms. The first-order valence-corrected chi connectivity index (χ1v) is 11.5. The van der Waals surface area contributed by atoms with Crippen LogP contribution in [0.25, 0.3) is 6.08 Å². The standard InChI is InChI=1S/C25H20N2O5S/c1-18-6-9-22(10-7-18)33(29,30)27(23-5-3-2-4-21(23)16-28)15-20(14-26)12-19-8-11-24-25(13-19)32-17-31-24/h2-13,16H,15,17H2,1H3/b20-12+. The first-order valence-electron chi connectivity index (χ1n) is 10.1. The zero-order valence-electron chi connectivity index (χ0n) is 17.8. The number of carbonyl (C=O) groups is 1. The molecule has 0 saturated carbocycles. The average molecular weight is 461 g/mol. The molecule has 0 fully saturated rings. The monoisotopic (exact) mass is 460 g/mol. The second-order valence-electron chi connectivity index (χ2n) is 7.40. The number of carbonyl (C=O) groups excluding carboxylic acids is 1. The number of nitrogens with zero attached hydrogens (tertiary/aromatic N) is 2. The van der Waals surface area contributed by atoms with E-state index in [1.807, 2.05) is 6.92 Å². The molecule has 0 saturated heterocycles. The number of ether oxygens (including phenoxy) is 2. The van der Waals surface area contributed by atoms with Gasteiger partial charge in [-0.3, -0.25) is 9.10 Å². The third-order valence-corrected chi connectivity index (χ3v) is 6.91. The van der Waals surface area contributed by atoms with Crippen molar-refractivity contribution in [3.63, 3.8) is 0 Å². The lowest BCUT2D eigenvalue weighted by molar-refractivity contribution is 0.112. The van der Waals surface area contributed by atoms with E-state index in [9.17, 15) is 18.5 Å². The molecular formula is C25H20N2O5S. The molecule has 4 rings (SSSR count). The zero-order chi connectivity index (χ0) is 23.4. The van der Waals surface area contributed by atoms with Gasteiger partial charge in [-0.05, 0) is 55.0 Å². The number of aldehydes is 1. The van der Waals surface area contributed by atoms with Gasteiger partial charge in [0.1, 0.15) is 0 Å². The van der Waals surface area contributed by atoms with E-state index >= 15 is 0 Å². The van der Waals surface area contributed by atoms with Gasteiger partial charge in [-0.15, -0.1) is 0 Å². The van der Waals surface area contributed by atoms with Crippen LogP contribution in [0.2, 0.25) is 0 Å². The van der Waals surface area contributed by atoms with Crippen LogP contribution in [-0.2, 0) is 10.0 Å². The topological polar surface area (TPSA) is 96.7 Å². The smallest absolute Gasteiger partial charge is 0.264 e. The summed E-state index contributed by atoms with van der Waals surface area (Å²) in [5.74, 6) is 1.16. The molecule has 1 aliphatic rings. The third kappa shape index (κ3) is 4.59. The van der Waals surface area contributed by atoms with Gasteiger partial charge in [0.05, 0.1) is 28.8 Å². The van der Waals surface area contributed by atoms with Crippen LogP contribution in [0.15, 0.2) is 77.2 Å². The Kier molecular flexibility index (Phi) is 6.16. The van der Waals surface area contributed by atoms with Gasteiger partial charge in [-0.25, -0.2) is 8.42 Å². The number of hydrogen-bond donors (Lipinski definition) is 0. The van der Waals surface area contributed by atoms with Crippen molar-refractivity contribution in [3.05, 3.63) is 89.0 Å². The van der Waals surface area contributed by atoms with Crippen LogP contribution in [-0.4, -0.2) is 28.0 Å². The van der Waals surface area contributed by atoms with Gasteiger partial charge in [-0.1, -0.05) is 35.9 Å². The minimum Gasteiger partial charge on any atom is -0.454 e. The van der Waals surface area contributed by atoms with Crippen molar-refractivity contribution in [1.29, 1.82) is 5.26 Å². The highest BCUT2D eigenvalue weighted by atomic mass is 32.2. The summed E-state index contributed by atoms with van der Waals surface area (Å²) in [4.78, 5) is 11.7. The highest BCUT2D eigenvalue weighted by molar-refractivity contribution is 7.92. The molecule has 0 N–H and O–H groups in total. The Labute approximate surface area is 192 Å². The maximum Gasteiger partial charge on any atom is 0.264 e. The highest BCUT2D eigenvalue weighted by Gasteiger charge is 2.27. The minimum absolute atomic E-state index is 0.0640. The molecule has 0 unspecified atom stereocenters. The molecule has 0 amide bonds. The zero-order valence-corrected chi connectivity index (χ0v) is 18.6. The number of fused-ring (bicyclic) bond motifs is 1. The Morgan fingerprint density at radius 1 is 1.06 bits per heavy atom. The fraction of sp³-hybridized carbons (Fsp3) is 0.120. The molecule has 7 nitrogen and oxygen atoms in total. The van der Waals surface area contributed by atoms with E-state index in [1.165, 1.54) is 18.2 Å². The van der Waals surface area contributed by atoms with E-state index in [-0.39, 0.29) is 35.1 Å². The summed E-state index contributed by atoms with van der Waals surface area (Å²) in [6.07, 6.45) is 2.18. The molecule has 166 valence electrons. The lowest BCUT2D eigenvalue weighted by atomic mass is 10.1. The Morgan fingerprint density at radius 2 is 1.79 bits per heavy atom. The maximum atomic E-state index is 13.6. The quantitative estimate of drug-likeness (QED) is 0.384. The van der Waals surface area contributed by atoms with Crippen LogP contribution >= 0.6 is 0 Å². The van der Waals surface area contributed by atoms with Gasteiger partial charge in [0.15, 0.2) is 17.8 Å². The molecule has 0 aromatic heterocycles. The SMILES string of the molecule is Cc1ccc(S(=O)(=O)N(C/C(C#N)=C/c2ccc3c(c2)OCO3)c2ccccc2C=O)cc1. The van der Waals surface area contributed by atoms with E-state index in [1.54, 1.807) is 54.6 Å². The number of anilines is 1. The molecule has 0 spiro atoms. The minimum atomic E-state index is -4.07. The Balaban J connectivity index is 1.78. The van der Waals surface area contributed by atoms with Gasteiger partial charge < -0.3 is 9.47 Å². The van der Waals surface area contributed by atoms with E-state index in [2.05, 4.69) is 6.07 Å². The molecule has 0 bridgehead atoms. The summed E-state index contributed by atoms with van der Waals surface area (Å²) >= 11 is 0. The summed E-state index contributed by atoms with van der Waals surface area (Å²) in [6, 6.07) is 20.1. The molecule has 0 aliphatic carbocycles. The van der Waals surface area contributed by atoms with Crippen LogP contribution in [0.3, 0.4) is 0 Å². The van der Waals surface area contributed by atoms with Crippen LogP contribution in [0.5, 0.6) is 11.5 Å². The van der Waals surface area contributed by atoms with Crippen LogP contribution in [0, 0.1) is 18.3 Å². The second kappa shape index (κ2) is 9.18. The molecule has 0 atom stereocenters. The first kappa shape index (κ1) is 22.1.